The highest BCUT2D eigenvalue weighted by molar-refractivity contribution is 5.79. The van der Waals surface area contributed by atoms with Crippen LogP contribution in [0.5, 0.6) is 0 Å². The quantitative estimate of drug-likeness (QED) is 0.132. The molecule has 0 amide bonds. The molecule has 2 aromatic carbocycles. The third-order valence-electron chi connectivity index (χ3n) is 7.04. The lowest BCUT2D eigenvalue weighted by atomic mass is 9.84. The SMILES string of the molecule is CCC1COCCC1c1nc(N/N=C/c2ccc(Nc3ccc(-c4cccc(N=O)c4)cc3)c(C)n2)ncc1F. The van der Waals surface area contributed by atoms with Gasteiger partial charge in [-0.25, -0.2) is 24.8 Å². The van der Waals surface area contributed by atoms with Crippen LogP contribution in [0.4, 0.5) is 27.4 Å². The Labute approximate surface area is 231 Å². The van der Waals surface area contributed by atoms with E-state index >= 15 is 0 Å². The van der Waals surface area contributed by atoms with Crippen molar-refractivity contribution in [2.75, 3.05) is 24.0 Å². The summed E-state index contributed by atoms with van der Waals surface area (Å²) in [5.41, 5.74) is 8.73. The van der Waals surface area contributed by atoms with Crippen molar-refractivity contribution < 1.29 is 9.13 Å². The number of halogens is 1. The molecule has 2 atom stereocenters. The molecule has 0 spiro atoms. The fourth-order valence-corrected chi connectivity index (χ4v) is 4.84. The Balaban J connectivity index is 1.22. The molecule has 2 aromatic heterocycles. The third kappa shape index (κ3) is 6.35. The first-order valence-electron chi connectivity index (χ1n) is 13.2. The van der Waals surface area contributed by atoms with Crippen molar-refractivity contribution in [2.45, 2.75) is 32.6 Å². The van der Waals surface area contributed by atoms with E-state index in [2.05, 4.69) is 42.9 Å². The van der Waals surface area contributed by atoms with Crippen molar-refractivity contribution >= 4 is 29.2 Å². The topological polar surface area (TPSA) is 114 Å². The van der Waals surface area contributed by atoms with Gasteiger partial charge in [0.15, 0.2) is 5.82 Å². The second-order valence-electron chi connectivity index (χ2n) is 9.65. The molecule has 1 fully saturated rings. The Morgan fingerprint density at radius 3 is 2.73 bits per heavy atom. The largest absolute Gasteiger partial charge is 0.381 e. The van der Waals surface area contributed by atoms with Gasteiger partial charge in [0, 0.05) is 18.2 Å². The average Bonchev–Trinajstić information content (AvgIpc) is 2.99. The van der Waals surface area contributed by atoms with E-state index in [0.29, 0.717) is 30.3 Å². The van der Waals surface area contributed by atoms with Gasteiger partial charge in [0.25, 0.3) is 0 Å². The number of nitrogens with zero attached hydrogens (tertiary/aromatic N) is 5. The van der Waals surface area contributed by atoms with Gasteiger partial charge < -0.3 is 10.1 Å². The number of aryl methyl sites for hydroxylation is 1. The number of nitroso groups, excluding NO2 is 1. The normalized spacial score (nSPS) is 17.1. The summed E-state index contributed by atoms with van der Waals surface area (Å²) in [6.45, 7) is 5.20. The van der Waals surface area contributed by atoms with Crippen LogP contribution in [0.1, 0.15) is 42.8 Å². The van der Waals surface area contributed by atoms with Crippen LogP contribution in [0.3, 0.4) is 0 Å². The van der Waals surface area contributed by atoms with Gasteiger partial charge in [0.2, 0.25) is 5.95 Å². The minimum atomic E-state index is -0.403. The maximum atomic E-state index is 14.6. The van der Waals surface area contributed by atoms with E-state index in [-0.39, 0.29) is 17.8 Å². The van der Waals surface area contributed by atoms with Crippen LogP contribution in [-0.4, -0.2) is 34.4 Å². The van der Waals surface area contributed by atoms with E-state index in [0.717, 1.165) is 41.0 Å². The van der Waals surface area contributed by atoms with Gasteiger partial charge in [-0.2, -0.15) is 5.10 Å². The van der Waals surface area contributed by atoms with Gasteiger partial charge in [0.1, 0.15) is 5.69 Å². The number of aromatic nitrogens is 3. The monoisotopic (exact) mass is 539 g/mol. The Hall–Kier alpha value is -4.57. The van der Waals surface area contributed by atoms with Crippen molar-refractivity contribution in [1.29, 1.82) is 0 Å². The van der Waals surface area contributed by atoms with Crippen LogP contribution in [0, 0.1) is 23.6 Å². The van der Waals surface area contributed by atoms with Gasteiger partial charge in [-0.3, -0.25) is 0 Å². The summed E-state index contributed by atoms with van der Waals surface area (Å²) < 4.78 is 20.1. The van der Waals surface area contributed by atoms with Gasteiger partial charge in [0.05, 0.1) is 41.8 Å². The minimum Gasteiger partial charge on any atom is -0.381 e. The molecule has 3 heterocycles. The smallest absolute Gasteiger partial charge is 0.243 e. The number of anilines is 3. The second kappa shape index (κ2) is 12.5. The van der Waals surface area contributed by atoms with Crippen molar-refractivity contribution in [3.05, 3.63) is 94.7 Å². The van der Waals surface area contributed by atoms with E-state index in [4.69, 9.17) is 4.74 Å². The molecule has 5 rings (SSSR count). The molecule has 40 heavy (non-hydrogen) atoms. The number of benzene rings is 2. The highest BCUT2D eigenvalue weighted by atomic mass is 19.1. The number of rotatable bonds is 9. The Morgan fingerprint density at radius 1 is 1.10 bits per heavy atom. The molecule has 204 valence electrons. The second-order valence-corrected chi connectivity index (χ2v) is 9.65. The van der Waals surface area contributed by atoms with Crippen molar-refractivity contribution in [3.63, 3.8) is 0 Å². The van der Waals surface area contributed by atoms with E-state index in [1.165, 1.54) is 6.20 Å². The number of hydrazone groups is 1. The molecule has 1 saturated heterocycles. The highest BCUT2D eigenvalue weighted by Gasteiger charge is 2.29. The van der Waals surface area contributed by atoms with Gasteiger partial charge in [-0.1, -0.05) is 37.6 Å². The molecule has 0 saturated carbocycles. The summed E-state index contributed by atoms with van der Waals surface area (Å²) in [6, 6.07) is 18.9. The zero-order valence-electron chi connectivity index (χ0n) is 22.3. The predicted molar refractivity (Wildman–Crippen MR) is 155 cm³/mol. The van der Waals surface area contributed by atoms with Gasteiger partial charge >= 0.3 is 0 Å². The van der Waals surface area contributed by atoms with E-state index in [9.17, 15) is 9.30 Å². The molecule has 1 aliphatic rings. The molecule has 2 unspecified atom stereocenters. The molecule has 0 aliphatic carbocycles. The standard InChI is InChI=1S/C30H30FN7O2/c1-3-20-18-40-14-13-26(20)29-27(31)17-32-30(36-29)37-33-16-25-11-12-28(19(2)34-25)35-23-9-7-21(8-10-23)22-5-4-6-24(15-22)38-39/h4-12,15-17,20,26,35H,3,13-14,18H2,1-2H3,(H,32,36,37)/b33-16+. The van der Waals surface area contributed by atoms with Gasteiger partial charge in [-0.15, -0.1) is 4.91 Å². The maximum absolute atomic E-state index is 14.6. The Morgan fingerprint density at radius 2 is 1.95 bits per heavy atom. The summed E-state index contributed by atoms with van der Waals surface area (Å²) in [7, 11) is 0. The predicted octanol–water partition coefficient (Wildman–Crippen LogP) is 7.10. The van der Waals surface area contributed by atoms with Crippen molar-refractivity contribution in [3.8, 4) is 11.1 Å². The summed E-state index contributed by atoms with van der Waals surface area (Å²) in [4.78, 5) is 23.9. The van der Waals surface area contributed by atoms with Crippen molar-refractivity contribution in [2.24, 2.45) is 16.2 Å². The average molecular weight is 540 g/mol. The molecular weight excluding hydrogens is 509 g/mol. The minimum absolute atomic E-state index is 0.00204. The molecular formula is C30H30FN7O2. The fraction of sp³-hybridized carbons (Fsp3) is 0.267. The van der Waals surface area contributed by atoms with E-state index < -0.39 is 5.82 Å². The summed E-state index contributed by atoms with van der Waals surface area (Å²) in [5, 5.41) is 10.6. The first-order valence-corrected chi connectivity index (χ1v) is 13.2. The zero-order chi connectivity index (χ0) is 27.9. The molecule has 9 nitrogen and oxygen atoms in total. The van der Waals surface area contributed by atoms with E-state index in [1.807, 2.05) is 55.5 Å². The third-order valence-corrected chi connectivity index (χ3v) is 7.04. The lowest BCUT2D eigenvalue weighted by molar-refractivity contribution is 0.0369. The van der Waals surface area contributed by atoms with Crippen LogP contribution in [-0.2, 0) is 4.74 Å². The van der Waals surface area contributed by atoms with Crippen LogP contribution < -0.4 is 10.7 Å². The molecule has 0 radical (unpaired) electrons. The molecule has 10 heteroatoms. The zero-order valence-corrected chi connectivity index (χ0v) is 22.3. The van der Waals surface area contributed by atoms with Gasteiger partial charge in [-0.05, 0) is 72.0 Å². The van der Waals surface area contributed by atoms with Crippen LogP contribution in [0.25, 0.3) is 11.1 Å². The van der Waals surface area contributed by atoms with Crippen LogP contribution in [0.15, 0.2) is 77.1 Å². The maximum Gasteiger partial charge on any atom is 0.243 e. The molecule has 0 bridgehead atoms. The number of hydrogen-bond acceptors (Lipinski definition) is 9. The van der Waals surface area contributed by atoms with Crippen molar-refractivity contribution in [1.82, 2.24) is 15.0 Å². The summed E-state index contributed by atoms with van der Waals surface area (Å²) >= 11 is 0. The lowest BCUT2D eigenvalue weighted by Gasteiger charge is -2.30. The number of nitrogens with one attached hydrogen (secondary N) is 2. The number of pyridine rings is 1. The first-order chi connectivity index (χ1) is 19.5. The molecule has 1 aliphatic heterocycles. The lowest BCUT2D eigenvalue weighted by Crippen LogP contribution is -2.27. The van der Waals surface area contributed by atoms with Crippen LogP contribution >= 0.6 is 0 Å². The number of hydrogen-bond donors (Lipinski definition) is 2. The Kier molecular flexibility index (Phi) is 8.46. The number of ether oxygens (including phenoxy) is 1. The summed E-state index contributed by atoms with van der Waals surface area (Å²) in [5.74, 6) is 0.0588. The highest BCUT2D eigenvalue weighted by Crippen LogP contribution is 2.34. The van der Waals surface area contributed by atoms with Crippen LogP contribution in [0.2, 0.25) is 0 Å². The molecule has 2 N–H and O–H groups in total. The fourth-order valence-electron chi connectivity index (χ4n) is 4.84. The van der Waals surface area contributed by atoms with E-state index in [1.54, 1.807) is 18.3 Å². The summed E-state index contributed by atoms with van der Waals surface area (Å²) in [6.07, 6.45) is 4.39. The molecule has 4 aromatic rings. The first kappa shape index (κ1) is 27.0. The Bertz CT molecular complexity index is 1510.